The summed E-state index contributed by atoms with van der Waals surface area (Å²) >= 11 is 1.81. The molecule has 20 heavy (non-hydrogen) atoms. The minimum atomic E-state index is 0.387. The van der Waals surface area contributed by atoms with Gasteiger partial charge in [0.05, 0.1) is 22.7 Å². The summed E-state index contributed by atoms with van der Waals surface area (Å²) in [6.07, 6.45) is 8.69. The molecule has 0 saturated carbocycles. The van der Waals surface area contributed by atoms with Gasteiger partial charge >= 0.3 is 0 Å². The fourth-order valence-corrected chi connectivity index (χ4v) is 3.44. The standard InChI is InChI=1S/C16H17N2OS/c1-2-3-9-16-18(13-7-5-4-6-8-13)12-15(20-16)14-10-11-17-19-14/h4-8,10-11,16H,2-3,9H2,1H3. The molecule has 3 rings (SSSR count). The molecule has 0 N–H and O–H groups in total. The number of thioether (sulfide) groups is 1. The maximum Gasteiger partial charge on any atom is 0.175 e. The summed E-state index contributed by atoms with van der Waals surface area (Å²) < 4.78 is 5.26. The van der Waals surface area contributed by atoms with Gasteiger partial charge in [0, 0.05) is 11.8 Å². The smallest absolute Gasteiger partial charge is 0.175 e. The fraction of sp³-hybridized carbons (Fsp3) is 0.312. The van der Waals surface area contributed by atoms with Gasteiger partial charge < -0.3 is 9.42 Å². The van der Waals surface area contributed by atoms with Gasteiger partial charge in [-0.05, 0) is 18.6 Å². The minimum Gasteiger partial charge on any atom is -0.356 e. The molecular weight excluding hydrogens is 268 g/mol. The first-order valence-corrected chi connectivity index (χ1v) is 7.82. The summed E-state index contributed by atoms with van der Waals surface area (Å²) in [6.45, 7) is 2.22. The van der Waals surface area contributed by atoms with Gasteiger partial charge in [-0.15, -0.1) is 0 Å². The van der Waals surface area contributed by atoms with E-state index in [2.05, 4.69) is 47.4 Å². The van der Waals surface area contributed by atoms with Gasteiger partial charge in [0.25, 0.3) is 0 Å². The molecule has 1 unspecified atom stereocenters. The fourth-order valence-electron chi connectivity index (χ4n) is 2.23. The second-order valence-corrected chi connectivity index (χ2v) is 5.93. The number of hydrogen-bond donors (Lipinski definition) is 0. The molecule has 1 aliphatic heterocycles. The third-order valence-corrected chi connectivity index (χ3v) is 4.51. The first kappa shape index (κ1) is 13.3. The molecule has 4 heteroatoms. The Hall–Kier alpha value is -1.68. The zero-order valence-electron chi connectivity index (χ0n) is 11.5. The van der Waals surface area contributed by atoms with Crippen molar-refractivity contribution in [1.82, 2.24) is 5.16 Å². The number of rotatable bonds is 5. The van der Waals surface area contributed by atoms with Gasteiger partial charge in [-0.3, -0.25) is 0 Å². The maximum atomic E-state index is 5.26. The maximum absolute atomic E-state index is 5.26. The molecule has 0 spiro atoms. The number of unbranched alkanes of at least 4 members (excludes halogenated alkanes) is 1. The van der Waals surface area contributed by atoms with E-state index < -0.39 is 0 Å². The zero-order valence-corrected chi connectivity index (χ0v) is 12.3. The molecule has 1 aromatic carbocycles. The first-order valence-electron chi connectivity index (χ1n) is 6.94. The lowest BCUT2D eigenvalue weighted by molar-refractivity contribution is 0.412. The second kappa shape index (κ2) is 6.18. The van der Waals surface area contributed by atoms with Crippen molar-refractivity contribution in [2.75, 3.05) is 4.90 Å². The van der Waals surface area contributed by atoms with E-state index in [1.54, 1.807) is 6.20 Å². The van der Waals surface area contributed by atoms with Crippen molar-refractivity contribution in [3.8, 4) is 0 Å². The van der Waals surface area contributed by atoms with Crippen LogP contribution in [0.5, 0.6) is 0 Å². The Bertz CT molecular complexity index is 565. The topological polar surface area (TPSA) is 29.3 Å². The van der Waals surface area contributed by atoms with Crippen molar-refractivity contribution in [2.45, 2.75) is 31.6 Å². The van der Waals surface area contributed by atoms with Crippen molar-refractivity contribution >= 4 is 22.4 Å². The van der Waals surface area contributed by atoms with Crippen molar-refractivity contribution in [3.63, 3.8) is 0 Å². The molecule has 0 saturated heterocycles. The van der Waals surface area contributed by atoms with Gasteiger partial charge in [-0.1, -0.05) is 54.9 Å². The predicted molar refractivity (Wildman–Crippen MR) is 83.0 cm³/mol. The summed E-state index contributed by atoms with van der Waals surface area (Å²) in [5, 5.41) is 4.17. The highest BCUT2D eigenvalue weighted by Crippen LogP contribution is 2.42. The molecule has 2 aromatic rings. The number of anilines is 1. The van der Waals surface area contributed by atoms with Crippen LogP contribution in [-0.2, 0) is 0 Å². The third kappa shape index (κ3) is 2.75. The SMILES string of the molecule is CCCCC1SC(c2ccno2)=[C]N1c1ccccc1. The van der Waals surface area contributed by atoms with E-state index >= 15 is 0 Å². The van der Waals surface area contributed by atoms with Crippen molar-refractivity contribution in [1.29, 1.82) is 0 Å². The molecule has 1 radical (unpaired) electrons. The normalized spacial score (nSPS) is 18.4. The van der Waals surface area contributed by atoms with Gasteiger partial charge in [-0.25, -0.2) is 0 Å². The van der Waals surface area contributed by atoms with Gasteiger partial charge in [0.2, 0.25) is 0 Å². The Labute approximate surface area is 123 Å². The summed E-state index contributed by atoms with van der Waals surface area (Å²) in [7, 11) is 0. The van der Waals surface area contributed by atoms with E-state index in [1.807, 2.05) is 23.9 Å². The lowest BCUT2D eigenvalue weighted by Gasteiger charge is -2.23. The Morgan fingerprint density at radius 3 is 2.85 bits per heavy atom. The van der Waals surface area contributed by atoms with Crippen LogP contribution >= 0.6 is 11.8 Å². The van der Waals surface area contributed by atoms with E-state index in [0.717, 1.165) is 17.1 Å². The van der Waals surface area contributed by atoms with Gasteiger partial charge in [0.1, 0.15) is 0 Å². The van der Waals surface area contributed by atoms with Crippen LogP contribution in [0.2, 0.25) is 0 Å². The molecule has 103 valence electrons. The summed E-state index contributed by atoms with van der Waals surface area (Å²) in [5.74, 6) is 0.801. The van der Waals surface area contributed by atoms with E-state index in [4.69, 9.17) is 4.52 Å². The average Bonchev–Trinajstić information content (AvgIpc) is 3.15. The largest absolute Gasteiger partial charge is 0.356 e. The lowest BCUT2D eigenvalue weighted by atomic mass is 10.2. The summed E-state index contributed by atoms with van der Waals surface area (Å²) in [5.41, 5.74) is 1.18. The average molecular weight is 285 g/mol. The van der Waals surface area contributed by atoms with Crippen molar-refractivity contribution in [2.24, 2.45) is 0 Å². The molecule has 0 aliphatic carbocycles. The van der Waals surface area contributed by atoms with Gasteiger partial charge in [-0.2, -0.15) is 0 Å². The van der Waals surface area contributed by atoms with Crippen LogP contribution < -0.4 is 4.90 Å². The van der Waals surface area contributed by atoms with Crippen LogP contribution in [0.25, 0.3) is 4.91 Å². The number of aromatic nitrogens is 1. The van der Waals surface area contributed by atoms with Crippen LogP contribution in [0.3, 0.4) is 0 Å². The molecular formula is C16H17N2OS. The Kier molecular flexibility index (Phi) is 4.11. The van der Waals surface area contributed by atoms with Crippen LogP contribution in [0.4, 0.5) is 5.69 Å². The van der Waals surface area contributed by atoms with E-state index in [9.17, 15) is 0 Å². The second-order valence-electron chi connectivity index (χ2n) is 4.74. The molecule has 0 bridgehead atoms. The molecule has 3 nitrogen and oxygen atoms in total. The highest BCUT2D eigenvalue weighted by atomic mass is 32.2. The predicted octanol–water partition coefficient (Wildman–Crippen LogP) is 4.55. The van der Waals surface area contributed by atoms with Crippen LogP contribution in [0.15, 0.2) is 47.1 Å². The number of para-hydroxylation sites is 1. The Balaban J connectivity index is 1.86. The summed E-state index contributed by atoms with van der Waals surface area (Å²) in [4.78, 5) is 3.26. The monoisotopic (exact) mass is 285 g/mol. The van der Waals surface area contributed by atoms with E-state index in [-0.39, 0.29) is 0 Å². The number of benzene rings is 1. The first-order chi connectivity index (χ1) is 9.88. The molecule has 2 heterocycles. The van der Waals surface area contributed by atoms with Crippen LogP contribution in [0.1, 0.15) is 31.9 Å². The minimum absolute atomic E-state index is 0.387. The van der Waals surface area contributed by atoms with Crippen LogP contribution in [0, 0.1) is 6.20 Å². The van der Waals surface area contributed by atoms with Gasteiger partial charge in [0.15, 0.2) is 5.76 Å². The highest BCUT2D eigenvalue weighted by Gasteiger charge is 2.28. The number of hydrogen-bond acceptors (Lipinski definition) is 4. The quantitative estimate of drug-likeness (QED) is 0.806. The molecule has 0 amide bonds. The van der Waals surface area contributed by atoms with E-state index in [0.29, 0.717) is 5.37 Å². The van der Waals surface area contributed by atoms with Crippen molar-refractivity contribution in [3.05, 3.63) is 54.6 Å². The van der Waals surface area contributed by atoms with Crippen LogP contribution in [-0.4, -0.2) is 10.5 Å². The Morgan fingerprint density at radius 2 is 2.15 bits per heavy atom. The Morgan fingerprint density at radius 1 is 1.30 bits per heavy atom. The third-order valence-electron chi connectivity index (χ3n) is 3.26. The number of nitrogens with zero attached hydrogens (tertiary/aromatic N) is 2. The lowest BCUT2D eigenvalue weighted by Crippen LogP contribution is -2.24. The zero-order chi connectivity index (χ0) is 13.8. The molecule has 1 aromatic heterocycles. The molecule has 0 fully saturated rings. The van der Waals surface area contributed by atoms with Crippen molar-refractivity contribution < 1.29 is 4.52 Å². The molecule has 1 aliphatic rings. The van der Waals surface area contributed by atoms with E-state index in [1.165, 1.54) is 18.5 Å². The summed E-state index contributed by atoms with van der Waals surface area (Å²) in [6, 6.07) is 12.3. The molecule has 1 atom stereocenters. The highest BCUT2D eigenvalue weighted by molar-refractivity contribution is 8.09.